The lowest BCUT2D eigenvalue weighted by atomic mass is 10.1. The van der Waals surface area contributed by atoms with Gasteiger partial charge in [0.2, 0.25) is 0 Å². The zero-order valence-electron chi connectivity index (χ0n) is 16.5. The number of halogens is 2. The van der Waals surface area contributed by atoms with Crippen molar-refractivity contribution in [3.8, 4) is 11.5 Å². The van der Waals surface area contributed by atoms with Gasteiger partial charge in [0, 0.05) is 6.42 Å². The molecule has 0 saturated carbocycles. The van der Waals surface area contributed by atoms with E-state index in [-0.39, 0.29) is 27.8 Å². The van der Waals surface area contributed by atoms with Crippen LogP contribution in [0, 0.1) is 0 Å². The van der Waals surface area contributed by atoms with Crippen molar-refractivity contribution in [1.29, 1.82) is 0 Å². The number of amides is 1. The Hall–Kier alpha value is -2.48. The highest BCUT2D eigenvalue weighted by Gasteiger charge is 2.26. The molecular formula is C21H24Cl2N2O5. The third-order valence-corrected chi connectivity index (χ3v) is 4.94. The van der Waals surface area contributed by atoms with Crippen molar-refractivity contribution in [2.75, 3.05) is 20.3 Å². The number of aromatic hydroxyl groups is 1. The molecule has 1 amide bonds. The summed E-state index contributed by atoms with van der Waals surface area (Å²) in [5.41, 5.74) is 6.09. The molecule has 2 rings (SSSR count). The van der Waals surface area contributed by atoms with Gasteiger partial charge in [-0.25, -0.2) is 4.79 Å². The van der Waals surface area contributed by atoms with Crippen LogP contribution in [0.2, 0.25) is 10.0 Å². The number of benzene rings is 2. The minimum Gasteiger partial charge on any atom is -0.505 e. The zero-order chi connectivity index (χ0) is 22.1. The van der Waals surface area contributed by atoms with E-state index in [0.29, 0.717) is 19.6 Å². The number of hydrogen-bond acceptors (Lipinski definition) is 6. The Bertz CT molecular complexity index is 877. The molecule has 1 atom stereocenters. The number of carbonyl (C=O) groups is 2. The number of ether oxygens (including phenoxy) is 2. The summed E-state index contributed by atoms with van der Waals surface area (Å²) >= 11 is 12.4. The van der Waals surface area contributed by atoms with Crippen molar-refractivity contribution < 1.29 is 24.2 Å². The number of carbonyl (C=O) groups excluding carboxylic acids is 2. The fourth-order valence-corrected chi connectivity index (χ4v) is 3.30. The molecule has 0 aliphatic rings. The van der Waals surface area contributed by atoms with Gasteiger partial charge in [-0.15, -0.1) is 0 Å². The lowest BCUT2D eigenvalue weighted by Gasteiger charge is -2.18. The molecule has 2 aromatic rings. The third kappa shape index (κ3) is 6.26. The average Bonchev–Trinajstić information content (AvgIpc) is 2.75. The van der Waals surface area contributed by atoms with Crippen LogP contribution in [0.3, 0.4) is 0 Å². The summed E-state index contributed by atoms with van der Waals surface area (Å²) in [6.45, 7) is 0.836. The number of phenolic OH excluding ortho intramolecular Hbond substituents is 1. The van der Waals surface area contributed by atoms with Gasteiger partial charge >= 0.3 is 5.97 Å². The smallest absolute Gasteiger partial charge is 0.328 e. The lowest BCUT2D eigenvalue weighted by molar-refractivity contribution is -0.142. The number of methoxy groups -OCH3 is 1. The summed E-state index contributed by atoms with van der Waals surface area (Å²) in [6.07, 6.45) is 1.66. The second-order valence-electron chi connectivity index (χ2n) is 6.48. The number of unbranched alkanes of at least 4 members (excludes halogenated alkanes) is 1. The molecule has 2 aromatic carbocycles. The maximum absolute atomic E-state index is 12.8. The fraction of sp³-hybridized carbons (Fsp3) is 0.333. The third-order valence-electron chi connectivity index (χ3n) is 4.31. The number of nitrogens with two attached hydrogens (primary N) is 1. The molecule has 7 nitrogen and oxygen atoms in total. The van der Waals surface area contributed by atoms with Crippen LogP contribution in [0.25, 0.3) is 0 Å². The van der Waals surface area contributed by atoms with Gasteiger partial charge < -0.3 is 25.6 Å². The quantitative estimate of drug-likeness (QED) is 0.375. The van der Waals surface area contributed by atoms with Crippen molar-refractivity contribution in [2.45, 2.75) is 25.3 Å². The van der Waals surface area contributed by atoms with E-state index < -0.39 is 23.7 Å². The summed E-state index contributed by atoms with van der Waals surface area (Å²) in [7, 11) is 1.23. The highest BCUT2D eigenvalue weighted by molar-refractivity contribution is 6.39. The van der Waals surface area contributed by atoms with Gasteiger partial charge in [-0.2, -0.15) is 0 Å². The van der Waals surface area contributed by atoms with Crippen LogP contribution < -0.4 is 15.8 Å². The van der Waals surface area contributed by atoms with E-state index in [1.54, 1.807) is 0 Å². The largest absolute Gasteiger partial charge is 0.505 e. The van der Waals surface area contributed by atoms with Crippen molar-refractivity contribution >= 4 is 35.1 Å². The standard InChI is InChI=1S/C21H24Cl2N2O5/c1-29-21(28)16(11-13-7-3-2-4-8-13)25-20(27)14-12-15(22)19(17(23)18(14)26)30-10-6-5-9-24/h2-4,7-8,12,16,26H,5-6,9-11,24H2,1H3,(H,25,27)/t16-/m0/s1. The molecule has 0 heterocycles. The van der Waals surface area contributed by atoms with Crippen LogP contribution in [0.15, 0.2) is 36.4 Å². The highest BCUT2D eigenvalue weighted by Crippen LogP contribution is 2.42. The van der Waals surface area contributed by atoms with E-state index in [1.807, 2.05) is 30.3 Å². The first-order valence-corrected chi connectivity index (χ1v) is 10.1. The van der Waals surface area contributed by atoms with Crippen molar-refractivity contribution in [1.82, 2.24) is 5.32 Å². The number of esters is 1. The molecule has 0 aromatic heterocycles. The van der Waals surface area contributed by atoms with E-state index in [0.717, 1.165) is 12.0 Å². The first-order chi connectivity index (χ1) is 14.4. The van der Waals surface area contributed by atoms with Gasteiger partial charge in [-0.1, -0.05) is 53.5 Å². The van der Waals surface area contributed by atoms with Gasteiger partial charge in [0.05, 0.1) is 24.3 Å². The minimum atomic E-state index is -0.964. The number of rotatable bonds is 10. The lowest BCUT2D eigenvalue weighted by Crippen LogP contribution is -2.43. The normalized spacial score (nSPS) is 11.6. The van der Waals surface area contributed by atoms with E-state index in [4.69, 9.17) is 38.4 Å². The Labute approximate surface area is 185 Å². The predicted molar refractivity (Wildman–Crippen MR) is 115 cm³/mol. The van der Waals surface area contributed by atoms with Crippen LogP contribution in [-0.2, 0) is 16.0 Å². The zero-order valence-corrected chi connectivity index (χ0v) is 18.0. The fourth-order valence-electron chi connectivity index (χ4n) is 2.74. The summed E-state index contributed by atoms with van der Waals surface area (Å²) in [5, 5.41) is 12.8. The molecule has 0 aliphatic heterocycles. The Morgan fingerprint density at radius 1 is 1.20 bits per heavy atom. The van der Waals surface area contributed by atoms with E-state index in [9.17, 15) is 14.7 Å². The monoisotopic (exact) mass is 454 g/mol. The minimum absolute atomic E-state index is 0.0633. The van der Waals surface area contributed by atoms with Crippen LogP contribution in [-0.4, -0.2) is 43.3 Å². The molecular weight excluding hydrogens is 431 g/mol. The molecule has 0 unspecified atom stereocenters. The number of phenols is 1. The second-order valence-corrected chi connectivity index (χ2v) is 7.27. The molecule has 30 heavy (non-hydrogen) atoms. The first-order valence-electron chi connectivity index (χ1n) is 9.35. The first kappa shape index (κ1) is 23.8. The maximum atomic E-state index is 12.8. The summed E-state index contributed by atoms with van der Waals surface area (Å²) in [5.74, 6) is -1.75. The summed E-state index contributed by atoms with van der Waals surface area (Å²) < 4.78 is 10.3. The molecule has 162 valence electrons. The van der Waals surface area contributed by atoms with E-state index >= 15 is 0 Å². The van der Waals surface area contributed by atoms with Crippen LogP contribution >= 0.6 is 23.2 Å². The Morgan fingerprint density at radius 3 is 2.53 bits per heavy atom. The number of hydrogen-bond donors (Lipinski definition) is 3. The van der Waals surface area contributed by atoms with Gasteiger partial charge in [-0.05, 0) is 31.0 Å². The second kappa shape index (κ2) is 11.6. The Morgan fingerprint density at radius 2 is 1.90 bits per heavy atom. The summed E-state index contributed by atoms with van der Waals surface area (Å²) in [4.78, 5) is 24.9. The summed E-state index contributed by atoms with van der Waals surface area (Å²) in [6, 6.07) is 9.42. The molecule has 4 N–H and O–H groups in total. The van der Waals surface area contributed by atoms with Crippen molar-refractivity contribution in [3.05, 3.63) is 57.6 Å². The average molecular weight is 455 g/mol. The predicted octanol–water partition coefficient (Wildman–Crippen LogP) is 3.33. The Balaban J connectivity index is 2.20. The van der Waals surface area contributed by atoms with Gasteiger partial charge in [0.25, 0.3) is 5.91 Å². The molecule has 0 aliphatic carbocycles. The highest BCUT2D eigenvalue weighted by atomic mass is 35.5. The molecule has 0 saturated heterocycles. The van der Waals surface area contributed by atoms with E-state index in [1.165, 1.54) is 13.2 Å². The van der Waals surface area contributed by atoms with E-state index in [2.05, 4.69) is 5.32 Å². The SMILES string of the molecule is COC(=O)[C@H](Cc1ccccc1)NC(=O)c1cc(Cl)c(OCCCCN)c(Cl)c1O. The molecule has 0 bridgehead atoms. The van der Waals surface area contributed by atoms with Gasteiger partial charge in [0.15, 0.2) is 11.5 Å². The van der Waals surface area contributed by atoms with Crippen LogP contribution in [0.1, 0.15) is 28.8 Å². The maximum Gasteiger partial charge on any atom is 0.328 e. The van der Waals surface area contributed by atoms with Crippen molar-refractivity contribution in [3.63, 3.8) is 0 Å². The van der Waals surface area contributed by atoms with Crippen LogP contribution in [0.5, 0.6) is 11.5 Å². The molecule has 0 spiro atoms. The molecule has 9 heteroatoms. The molecule has 0 radical (unpaired) electrons. The Kier molecular flexibility index (Phi) is 9.23. The van der Waals surface area contributed by atoms with Crippen molar-refractivity contribution in [2.24, 2.45) is 5.73 Å². The van der Waals surface area contributed by atoms with Gasteiger partial charge in [0.1, 0.15) is 11.1 Å². The topological polar surface area (TPSA) is 111 Å². The van der Waals surface area contributed by atoms with Crippen LogP contribution in [0.4, 0.5) is 0 Å². The number of nitrogens with one attached hydrogen (secondary N) is 1. The molecule has 0 fully saturated rings. The van der Waals surface area contributed by atoms with Gasteiger partial charge in [-0.3, -0.25) is 4.79 Å².